The van der Waals surface area contributed by atoms with Crippen molar-refractivity contribution >= 4 is 6.09 Å². The van der Waals surface area contributed by atoms with Gasteiger partial charge in [0.1, 0.15) is 23.2 Å². The average Bonchev–Trinajstić information content (AvgIpc) is 3.68. The molecule has 3 saturated carbocycles. The molecule has 3 aromatic rings. The third-order valence-electron chi connectivity index (χ3n) is 17.8. The van der Waals surface area contributed by atoms with Crippen LogP contribution in [0.1, 0.15) is 141 Å². The largest absolute Gasteiger partial charge is 0.497 e. The highest BCUT2D eigenvalue weighted by atomic mass is 16.6. The number of ether oxygens (including phenoxy) is 4. The van der Waals surface area contributed by atoms with Gasteiger partial charge in [-0.3, -0.25) is 0 Å². The lowest BCUT2D eigenvalue weighted by Gasteiger charge is -2.58. The number of carbonyl (C=O) groups excluding carboxylic acids is 1. The Balaban J connectivity index is 0.847. The van der Waals surface area contributed by atoms with Crippen molar-refractivity contribution < 1.29 is 28.8 Å². The first kappa shape index (κ1) is 46.7. The average molecular weight is 874 g/mol. The minimum Gasteiger partial charge on any atom is -0.497 e. The Morgan fingerprint density at radius 1 is 0.766 bits per heavy atom. The van der Waals surface area contributed by atoms with Gasteiger partial charge < -0.3 is 29.0 Å². The molecular formula is C57H79NO6. The van der Waals surface area contributed by atoms with Crippen LogP contribution in [0.15, 0.2) is 90.5 Å². The second-order valence-corrected chi connectivity index (χ2v) is 21.6. The Bertz CT molecular complexity index is 1960. The van der Waals surface area contributed by atoms with Crippen LogP contribution in [0.2, 0.25) is 0 Å². The minimum atomic E-state index is -0.929. The van der Waals surface area contributed by atoms with Crippen LogP contribution in [0.3, 0.4) is 0 Å². The maximum atomic E-state index is 13.7. The molecule has 4 fully saturated rings. The SMILES string of the molecule is COc1ccc(C(OCCC(O)C2CCN(C(=O)OC3CC[C@@]4(C)C(=CCC5C4CC[C@@]4(C)C5CC[C@@H]4[C@H](C)CCCC(C)C)C3)CC2)(c2ccccc2)c2ccc(OC)cc2)cc1. The first-order chi connectivity index (χ1) is 30.9. The lowest BCUT2D eigenvalue weighted by atomic mass is 9.47. The van der Waals surface area contributed by atoms with Crippen LogP contribution in [0.4, 0.5) is 4.79 Å². The zero-order valence-electron chi connectivity index (χ0n) is 40.2. The molecule has 7 nitrogen and oxygen atoms in total. The number of nitrogens with zero attached hydrogens (tertiary/aromatic N) is 1. The molecule has 5 unspecified atom stereocenters. The van der Waals surface area contributed by atoms with Gasteiger partial charge in [-0.15, -0.1) is 0 Å². The molecule has 1 saturated heterocycles. The fourth-order valence-corrected chi connectivity index (χ4v) is 14.1. The Hall–Kier alpha value is -3.81. The van der Waals surface area contributed by atoms with E-state index in [1.807, 2.05) is 47.4 Å². The number of aliphatic hydroxyl groups is 1. The Morgan fingerprint density at radius 2 is 1.41 bits per heavy atom. The van der Waals surface area contributed by atoms with Crippen LogP contribution in [-0.2, 0) is 15.1 Å². The van der Waals surface area contributed by atoms with Gasteiger partial charge in [-0.05, 0) is 157 Å². The third-order valence-corrected chi connectivity index (χ3v) is 17.8. The molecule has 1 N–H and O–H groups in total. The van der Waals surface area contributed by atoms with Gasteiger partial charge in [-0.1, -0.05) is 120 Å². The van der Waals surface area contributed by atoms with E-state index in [-0.39, 0.29) is 23.5 Å². The summed E-state index contributed by atoms with van der Waals surface area (Å²) in [6.45, 7) is 14.1. The monoisotopic (exact) mass is 874 g/mol. The summed E-state index contributed by atoms with van der Waals surface area (Å²) < 4.78 is 24.4. The molecule has 4 aliphatic carbocycles. The van der Waals surface area contributed by atoms with E-state index in [1.165, 1.54) is 51.4 Å². The number of allylic oxidation sites excluding steroid dienone is 1. The quantitative estimate of drug-likeness (QED) is 0.114. The molecule has 1 amide bonds. The highest BCUT2D eigenvalue weighted by molar-refractivity contribution is 5.68. The number of amides is 1. The highest BCUT2D eigenvalue weighted by Gasteiger charge is 2.59. The smallest absolute Gasteiger partial charge is 0.410 e. The van der Waals surface area contributed by atoms with E-state index in [4.69, 9.17) is 18.9 Å². The molecule has 64 heavy (non-hydrogen) atoms. The lowest BCUT2D eigenvalue weighted by molar-refractivity contribution is -0.0599. The number of methoxy groups -OCH3 is 2. The second-order valence-electron chi connectivity index (χ2n) is 21.6. The summed E-state index contributed by atoms with van der Waals surface area (Å²) in [5.41, 5.74) is 4.29. The number of likely N-dealkylation sites (tertiary alicyclic amines) is 1. The lowest BCUT2D eigenvalue weighted by Crippen LogP contribution is -2.51. The van der Waals surface area contributed by atoms with Crippen molar-refractivity contribution in [2.75, 3.05) is 33.9 Å². The second kappa shape index (κ2) is 20.0. The molecule has 8 rings (SSSR count). The predicted octanol–water partition coefficient (Wildman–Crippen LogP) is 13.0. The van der Waals surface area contributed by atoms with E-state index in [0.29, 0.717) is 31.5 Å². The summed E-state index contributed by atoms with van der Waals surface area (Å²) in [6.07, 6.45) is 17.7. The zero-order valence-corrected chi connectivity index (χ0v) is 40.2. The van der Waals surface area contributed by atoms with Gasteiger partial charge in [-0.25, -0.2) is 4.79 Å². The topological polar surface area (TPSA) is 77.5 Å². The van der Waals surface area contributed by atoms with Gasteiger partial charge in [0.15, 0.2) is 0 Å². The van der Waals surface area contributed by atoms with Gasteiger partial charge in [0, 0.05) is 19.5 Å². The van der Waals surface area contributed by atoms with Gasteiger partial charge >= 0.3 is 6.09 Å². The third kappa shape index (κ3) is 9.28. The van der Waals surface area contributed by atoms with E-state index in [1.54, 1.807) is 19.8 Å². The van der Waals surface area contributed by atoms with Crippen molar-refractivity contribution in [2.45, 2.75) is 142 Å². The van der Waals surface area contributed by atoms with Crippen molar-refractivity contribution in [3.8, 4) is 11.5 Å². The molecule has 348 valence electrons. The highest BCUT2D eigenvalue weighted by Crippen LogP contribution is 2.67. The molecule has 9 atom stereocenters. The van der Waals surface area contributed by atoms with E-state index >= 15 is 0 Å². The standard InChI is InChI=1S/C57H79NO6/c1-39(2)12-11-13-40(3)50-26-27-51-49-25-20-45-38-48(28-33-55(45,4)52(49)29-34-56(50,51)5)64-54(60)58-35-30-41(31-36-58)53(59)32-37-63-57(42-14-9-8-10-15-42,43-16-21-46(61-6)22-17-43)44-18-23-47(62-7)24-19-44/h8-10,14-24,39-41,48-53,59H,11-13,25-38H2,1-7H3/t40-,48?,49?,50-,51?,52?,53?,55+,56-/m1/s1. The Labute approximate surface area is 385 Å². The van der Waals surface area contributed by atoms with Crippen molar-refractivity contribution in [1.29, 1.82) is 0 Å². The van der Waals surface area contributed by atoms with E-state index in [0.717, 1.165) is 95.8 Å². The van der Waals surface area contributed by atoms with Gasteiger partial charge in [0.25, 0.3) is 0 Å². The van der Waals surface area contributed by atoms with Crippen molar-refractivity contribution in [3.05, 3.63) is 107 Å². The van der Waals surface area contributed by atoms with Crippen LogP contribution < -0.4 is 9.47 Å². The maximum absolute atomic E-state index is 13.7. The normalized spacial score (nSPS) is 29.2. The number of carbonyl (C=O) groups is 1. The number of piperidine rings is 1. The summed E-state index contributed by atoms with van der Waals surface area (Å²) >= 11 is 0. The van der Waals surface area contributed by atoms with E-state index in [9.17, 15) is 9.90 Å². The molecular weight excluding hydrogens is 795 g/mol. The van der Waals surface area contributed by atoms with E-state index < -0.39 is 11.7 Å². The van der Waals surface area contributed by atoms with Crippen molar-refractivity contribution in [2.24, 2.45) is 52.3 Å². The van der Waals surface area contributed by atoms with Crippen molar-refractivity contribution in [1.82, 2.24) is 4.90 Å². The molecule has 0 bridgehead atoms. The van der Waals surface area contributed by atoms with Crippen LogP contribution in [0, 0.1) is 52.3 Å². The molecule has 0 spiro atoms. The first-order valence-electron chi connectivity index (χ1n) is 25.2. The molecule has 0 radical (unpaired) electrons. The van der Waals surface area contributed by atoms with Gasteiger partial charge in [-0.2, -0.15) is 0 Å². The van der Waals surface area contributed by atoms with Crippen molar-refractivity contribution in [3.63, 3.8) is 0 Å². The molecule has 0 aromatic heterocycles. The van der Waals surface area contributed by atoms with Crippen LogP contribution in [0.25, 0.3) is 0 Å². The molecule has 7 heteroatoms. The summed E-state index contributed by atoms with van der Waals surface area (Å²) in [7, 11) is 3.34. The number of rotatable bonds is 16. The van der Waals surface area contributed by atoms with Gasteiger partial charge in [0.2, 0.25) is 0 Å². The maximum Gasteiger partial charge on any atom is 0.410 e. The number of hydrogen-bond acceptors (Lipinski definition) is 6. The zero-order chi connectivity index (χ0) is 45.1. The predicted molar refractivity (Wildman–Crippen MR) is 256 cm³/mol. The Kier molecular flexibility index (Phi) is 14.6. The number of benzene rings is 3. The molecule has 1 aliphatic heterocycles. The number of aliphatic hydroxyl groups excluding tert-OH is 1. The molecule has 3 aromatic carbocycles. The fraction of sp³-hybridized carbons (Fsp3) is 0.632. The van der Waals surface area contributed by atoms with Crippen LogP contribution in [-0.4, -0.2) is 62.2 Å². The van der Waals surface area contributed by atoms with E-state index in [2.05, 4.69) is 77.1 Å². The number of hydrogen-bond donors (Lipinski definition) is 1. The summed E-state index contributed by atoms with van der Waals surface area (Å²) in [4.78, 5) is 15.6. The summed E-state index contributed by atoms with van der Waals surface area (Å²) in [6, 6.07) is 26.4. The molecule has 5 aliphatic rings. The summed E-state index contributed by atoms with van der Waals surface area (Å²) in [5, 5.41) is 11.6. The van der Waals surface area contributed by atoms with Gasteiger partial charge in [0.05, 0.1) is 26.9 Å². The minimum absolute atomic E-state index is 0.0541. The fourth-order valence-electron chi connectivity index (χ4n) is 14.1. The number of fused-ring (bicyclic) bond motifs is 5. The summed E-state index contributed by atoms with van der Waals surface area (Å²) in [5.74, 6) is 6.55. The Morgan fingerprint density at radius 3 is 2.03 bits per heavy atom. The van der Waals surface area contributed by atoms with Crippen LogP contribution in [0.5, 0.6) is 11.5 Å². The molecule has 1 heterocycles. The first-order valence-corrected chi connectivity index (χ1v) is 25.2. The van der Waals surface area contributed by atoms with Crippen LogP contribution >= 0.6 is 0 Å².